The van der Waals surface area contributed by atoms with Gasteiger partial charge in [-0.25, -0.2) is 0 Å². The van der Waals surface area contributed by atoms with Gasteiger partial charge in [-0.05, 0) is 26.9 Å². The van der Waals surface area contributed by atoms with Crippen LogP contribution in [0.4, 0.5) is 0 Å². The molecule has 1 atom stereocenters. The lowest BCUT2D eigenvalue weighted by Crippen LogP contribution is -2.42. The smallest absolute Gasteiger partial charge is 0.0223 e. The highest BCUT2D eigenvalue weighted by Gasteiger charge is 2.14. The first-order chi connectivity index (χ1) is 6.65. The van der Waals surface area contributed by atoms with Gasteiger partial charge in [0.1, 0.15) is 0 Å². The first kappa shape index (κ1) is 13.7. The Hall–Kier alpha value is -0.340. The van der Waals surface area contributed by atoms with Crippen LogP contribution in [0.3, 0.4) is 0 Å². The van der Waals surface area contributed by atoms with E-state index < -0.39 is 0 Å². The van der Waals surface area contributed by atoms with Gasteiger partial charge in [-0.2, -0.15) is 0 Å². The summed E-state index contributed by atoms with van der Waals surface area (Å²) in [5, 5.41) is 3.27. The normalized spacial score (nSPS) is 13.2. The van der Waals surface area contributed by atoms with Gasteiger partial charge < -0.3 is 5.32 Å². The van der Waals surface area contributed by atoms with E-state index in [0.717, 1.165) is 19.6 Å². The van der Waals surface area contributed by atoms with E-state index >= 15 is 0 Å². The number of likely N-dealkylation sites (N-methyl/N-ethyl adjacent to an activating group) is 2. The molecule has 0 bridgehead atoms. The van der Waals surface area contributed by atoms with E-state index in [1.807, 2.05) is 7.05 Å². The fourth-order valence-corrected chi connectivity index (χ4v) is 1.83. The molecule has 0 aliphatic rings. The summed E-state index contributed by atoms with van der Waals surface area (Å²) < 4.78 is 0. The van der Waals surface area contributed by atoms with Crippen LogP contribution in [0.1, 0.15) is 33.6 Å². The van der Waals surface area contributed by atoms with Crippen molar-refractivity contribution in [3.8, 4) is 0 Å². The van der Waals surface area contributed by atoms with Crippen LogP contribution in [0.25, 0.3) is 0 Å². The highest BCUT2D eigenvalue weighted by molar-refractivity contribution is 4.93. The van der Waals surface area contributed by atoms with Gasteiger partial charge in [0, 0.05) is 19.1 Å². The summed E-state index contributed by atoms with van der Waals surface area (Å²) in [5.41, 5.74) is 1.25. The molecule has 0 amide bonds. The van der Waals surface area contributed by atoms with E-state index in [9.17, 15) is 0 Å². The number of nitrogens with one attached hydrogen (secondary N) is 1. The summed E-state index contributed by atoms with van der Waals surface area (Å²) >= 11 is 0. The standard InChI is InChI=1S/C12H26N2/c1-6-8-12(9-13-5)14(7-2)10-11(3)4/h12-13H,3,6-10H2,1-2,4-5H3. The van der Waals surface area contributed by atoms with E-state index in [1.165, 1.54) is 18.4 Å². The largest absolute Gasteiger partial charge is 0.318 e. The summed E-state index contributed by atoms with van der Waals surface area (Å²) in [6, 6.07) is 0.659. The van der Waals surface area contributed by atoms with Gasteiger partial charge in [-0.3, -0.25) is 4.90 Å². The van der Waals surface area contributed by atoms with Crippen LogP contribution >= 0.6 is 0 Å². The molecule has 0 radical (unpaired) electrons. The molecule has 0 aliphatic heterocycles. The summed E-state index contributed by atoms with van der Waals surface area (Å²) in [6.07, 6.45) is 2.51. The second kappa shape index (κ2) is 8.01. The predicted molar refractivity (Wildman–Crippen MR) is 64.7 cm³/mol. The Bertz CT molecular complexity index is 148. The fraction of sp³-hybridized carbons (Fsp3) is 0.833. The average molecular weight is 198 g/mol. The Kier molecular flexibility index (Phi) is 7.81. The lowest BCUT2D eigenvalue weighted by molar-refractivity contribution is 0.208. The minimum absolute atomic E-state index is 0.659. The molecule has 2 nitrogen and oxygen atoms in total. The van der Waals surface area contributed by atoms with Crippen molar-refractivity contribution in [2.24, 2.45) is 0 Å². The quantitative estimate of drug-likeness (QED) is 0.602. The molecular formula is C12H26N2. The van der Waals surface area contributed by atoms with Crippen molar-refractivity contribution in [2.75, 3.05) is 26.7 Å². The van der Waals surface area contributed by atoms with Crippen molar-refractivity contribution in [1.82, 2.24) is 10.2 Å². The number of hydrogen-bond acceptors (Lipinski definition) is 2. The molecule has 0 spiro atoms. The van der Waals surface area contributed by atoms with Crippen LogP contribution in [-0.4, -0.2) is 37.6 Å². The van der Waals surface area contributed by atoms with Crippen molar-refractivity contribution >= 4 is 0 Å². The van der Waals surface area contributed by atoms with Crippen LogP contribution in [0.2, 0.25) is 0 Å². The summed E-state index contributed by atoms with van der Waals surface area (Å²) in [5.74, 6) is 0. The maximum absolute atomic E-state index is 3.98. The molecule has 14 heavy (non-hydrogen) atoms. The van der Waals surface area contributed by atoms with Gasteiger partial charge in [0.15, 0.2) is 0 Å². The molecule has 0 aromatic rings. The van der Waals surface area contributed by atoms with Crippen molar-refractivity contribution in [3.05, 3.63) is 12.2 Å². The number of hydrogen-bond donors (Lipinski definition) is 1. The lowest BCUT2D eigenvalue weighted by atomic mass is 10.1. The van der Waals surface area contributed by atoms with Crippen LogP contribution in [0, 0.1) is 0 Å². The van der Waals surface area contributed by atoms with E-state index in [2.05, 4.69) is 37.6 Å². The predicted octanol–water partition coefficient (Wildman–Crippen LogP) is 2.27. The topological polar surface area (TPSA) is 15.3 Å². The Morgan fingerprint density at radius 3 is 2.43 bits per heavy atom. The van der Waals surface area contributed by atoms with E-state index in [0.29, 0.717) is 6.04 Å². The molecule has 1 unspecified atom stereocenters. The Morgan fingerprint density at radius 2 is 2.07 bits per heavy atom. The van der Waals surface area contributed by atoms with Gasteiger partial charge in [-0.15, -0.1) is 0 Å². The molecule has 0 fully saturated rings. The summed E-state index contributed by atoms with van der Waals surface area (Å²) in [6.45, 7) is 13.8. The minimum Gasteiger partial charge on any atom is -0.318 e. The highest BCUT2D eigenvalue weighted by atomic mass is 15.2. The minimum atomic E-state index is 0.659. The summed E-state index contributed by atoms with van der Waals surface area (Å²) in [7, 11) is 2.03. The number of nitrogens with zero attached hydrogens (tertiary/aromatic N) is 1. The first-order valence-electron chi connectivity index (χ1n) is 5.68. The van der Waals surface area contributed by atoms with Crippen molar-refractivity contribution < 1.29 is 0 Å². The monoisotopic (exact) mass is 198 g/mol. The zero-order chi connectivity index (χ0) is 11.0. The Balaban J connectivity index is 4.16. The van der Waals surface area contributed by atoms with E-state index in [4.69, 9.17) is 0 Å². The lowest BCUT2D eigenvalue weighted by Gasteiger charge is -2.30. The summed E-state index contributed by atoms with van der Waals surface area (Å²) in [4.78, 5) is 2.50. The van der Waals surface area contributed by atoms with Crippen molar-refractivity contribution in [2.45, 2.75) is 39.7 Å². The van der Waals surface area contributed by atoms with Gasteiger partial charge in [0.2, 0.25) is 0 Å². The third kappa shape index (κ3) is 5.40. The van der Waals surface area contributed by atoms with Crippen LogP contribution in [0.5, 0.6) is 0 Å². The maximum Gasteiger partial charge on any atom is 0.0223 e. The maximum atomic E-state index is 3.98. The van der Waals surface area contributed by atoms with E-state index in [-0.39, 0.29) is 0 Å². The zero-order valence-corrected chi connectivity index (χ0v) is 10.3. The van der Waals surface area contributed by atoms with Crippen molar-refractivity contribution in [1.29, 1.82) is 0 Å². The van der Waals surface area contributed by atoms with Crippen LogP contribution < -0.4 is 5.32 Å². The second-order valence-corrected chi connectivity index (χ2v) is 4.02. The molecule has 0 aliphatic carbocycles. The second-order valence-electron chi connectivity index (χ2n) is 4.02. The van der Waals surface area contributed by atoms with Crippen LogP contribution in [0.15, 0.2) is 12.2 Å². The third-order valence-electron chi connectivity index (χ3n) is 2.46. The third-order valence-corrected chi connectivity index (χ3v) is 2.46. The molecule has 0 aromatic heterocycles. The SMILES string of the molecule is C=C(C)CN(CC)C(CCC)CNC. The van der Waals surface area contributed by atoms with E-state index in [1.54, 1.807) is 0 Å². The molecule has 0 saturated carbocycles. The Labute approximate surface area is 89.4 Å². The number of rotatable bonds is 8. The fourth-order valence-electron chi connectivity index (χ4n) is 1.83. The van der Waals surface area contributed by atoms with Gasteiger partial charge in [0.25, 0.3) is 0 Å². The molecule has 84 valence electrons. The average Bonchev–Trinajstić information content (AvgIpc) is 2.13. The van der Waals surface area contributed by atoms with Gasteiger partial charge in [-0.1, -0.05) is 32.4 Å². The molecular weight excluding hydrogens is 172 g/mol. The molecule has 0 rings (SSSR count). The zero-order valence-electron chi connectivity index (χ0n) is 10.3. The molecule has 0 aromatic carbocycles. The molecule has 2 heteroatoms. The highest BCUT2D eigenvalue weighted by Crippen LogP contribution is 2.08. The van der Waals surface area contributed by atoms with Gasteiger partial charge in [0.05, 0.1) is 0 Å². The van der Waals surface area contributed by atoms with Crippen molar-refractivity contribution in [3.63, 3.8) is 0 Å². The van der Waals surface area contributed by atoms with Gasteiger partial charge >= 0.3 is 0 Å². The van der Waals surface area contributed by atoms with Crippen LogP contribution in [-0.2, 0) is 0 Å². The Morgan fingerprint density at radius 1 is 1.43 bits per heavy atom. The first-order valence-corrected chi connectivity index (χ1v) is 5.68. The molecule has 0 heterocycles. The molecule has 0 saturated heterocycles. The molecule has 1 N–H and O–H groups in total.